The van der Waals surface area contributed by atoms with Crippen molar-refractivity contribution in [2.75, 3.05) is 11.9 Å². The molecule has 0 aliphatic rings. The van der Waals surface area contributed by atoms with Gasteiger partial charge in [0, 0.05) is 23.9 Å². The molecule has 1 atom stereocenters. The summed E-state index contributed by atoms with van der Waals surface area (Å²) in [5, 5.41) is 25.2. The summed E-state index contributed by atoms with van der Waals surface area (Å²) in [5.74, 6) is 0. The van der Waals surface area contributed by atoms with E-state index in [1.54, 1.807) is 13.0 Å². The Bertz CT molecular complexity index is 491. The number of benzene rings is 1. The molecule has 0 heterocycles. The van der Waals surface area contributed by atoms with Crippen molar-refractivity contribution in [2.24, 2.45) is 0 Å². The molecule has 0 fully saturated rings. The molecule has 0 aliphatic carbocycles. The number of carbonyl (C=O) groups excluding carboxylic acids is 1. The maximum Gasteiger partial charge on any atom is 0.319 e. The van der Waals surface area contributed by atoms with E-state index in [4.69, 9.17) is 0 Å². The lowest BCUT2D eigenvalue weighted by atomic mass is 10.2. The Labute approximate surface area is 117 Å². The van der Waals surface area contributed by atoms with Crippen molar-refractivity contribution in [1.29, 1.82) is 0 Å². The lowest BCUT2D eigenvalue weighted by molar-refractivity contribution is -0.385. The Hall–Kier alpha value is -2.15. The molecule has 0 aliphatic heterocycles. The average molecular weight is 281 g/mol. The summed E-state index contributed by atoms with van der Waals surface area (Å²) in [7, 11) is 0. The number of nitro groups is 1. The number of nitrogens with zero attached hydrogens (tertiary/aromatic N) is 1. The maximum absolute atomic E-state index is 11.6. The number of urea groups is 1. The van der Waals surface area contributed by atoms with Crippen molar-refractivity contribution in [2.45, 2.75) is 32.8 Å². The standard InChI is InChI=1S/C13H19N3O4/c1-3-11(17)6-7-14-13(18)15-10-4-5-12(16(19)20)9(2)8-10/h4-5,8,11,17H,3,6-7H2,1-2H3,(H2,14,15,18)/t11-/m0/s1. The Morgan fingerprint density at radius 1 is 1.50 bits per heavy atom. The van der Waals surface area contributed by atoms with E-state index in [-0.39, 0.29) is 5.69 Å². The van der Waals surface area contributed by atoms with Gasteiger partial charge in [0.25, 0.3) is 5.69 Å². The molecule has 110 valence electrons. The SMILES string of the molecule is CC[C@H](O)CCNC(=O)Nc1ccc([N+](=O)[O-])c(C)c1. The highest BCUT2D eigenvalue weighted by atomic mass is 16.6. The largest absolute Gasteiger partial charge is 0.393 e. The smallest absolute Gasteiger partial charge is 0.319 e. The van der Waals surface area contributed by atoms with Crippen molar-refractivity contribution in [3.05, 3.63) is 33.9 Å². The van der Waals surface area contributed by atoms with Crippen molar-refractivity contribution < 1.29 is 14.8 Å². The van der Waals surface area contributed by atoms with Crippen molar-refractivity contribution >= 4 is 17.4 Å². The first-order valence-corrected chi connectivity index (χ1v) is 6.42. The Morgan fingerprint density at radius 2 is 2.20 bits per heavy atom. The summed E-state index contributed by atoms with van der Waals surface area (Å²) in [6.45, 7) is 3.84. The second-order valence-corrected chi connectivity index (χ2v) is 4.49. The molecule has 1 aromatic carbocycles. The van der Waals surface area contributed by atoms with Crippen LogP contribution in [0.2, 0.25) is 0 Å². The number of aliphatic hydroxyl groups excluding tert-OH is 1. The summed E-state index contributed by atoms with van der Waals surface area (Å²) in [4.78, 5) is 21.8. The second kappa shape index (κ2) is 7.44. The first-order chi connectivity index (χ1) is 9.43. The predicted molar refractivity (Wildman–Crippen MR) is 75.8 cm³/mol. The quantitative estimate of drug-likeness (QED) is 0.549. The van der Waals surface area contributed by atoms with Crippen molar-refractivity contribution in [3.8, 4) is 0 Å². The number of aryl methyl sites for hydroxylation is 1. The molecule has 7 heteroatoms. The molecule has 0 aromatic heterocycles. The molecular weight excluding hydrogens is 262 g/mol. The third-order valence-electron chi connectivity index (χ3n) is 2.89. The van der Waals surface area contributed by atoms with Crippen LogP contribution in [0.5, 0.6) is 0 Å². The van der Waals surface area contributed by atoms with Gasteiger partial charge in [-0.1, -0.05) is 6.92 Å². The molecule has 0 spiro atoms. The highest BCUT2D eigenvalue weighted by Crippen LogP contribution is 2.21. The third kappa shape index (κ3) is 4.85. The predicted octanol–water partition coefficient (Wildman–Crippen LogP) is 2.19. The number of hydrogen-bond donors (Lipinski definition) is 3. The number of amides is 2. The van der Waals surface area contributed by atoms with Crippen LogP contribution in [0.3, 0.4) is 0 Å². The number of anilines is 1. The van der Waals surface area contributed by atoms with E-state index in [9.17, 15) is 20.0 Å². The summed E-state index contributed by atoms with van der Waals surface area (Å²) >= 11 is 0. The fourth-order valence-electron chi connectivity index (χ4n) is 1.67. The van der Waals surface area contributed by atoms with Crippen LogP contribution in [0.4, 0.5) is 16.2 Å². The molecule has 0 bridgehead atoms. The minimum Gasteiger partial charge on any atom is -0.393 e. The van der Waals surface area contributed by atoms with Crippen LogP contribution in [0.25, 0.3) is 0 Å². The third-order valence-corrected chi connectivity index (χ3v) is 2.89. The Morgan fingerprint density at radius 3 is 2.75 bits per heavy atom. The van der Waals surface area contributed by atoms with E-state index in [1.807, 2.05) is 6.92 Å². The zero-order valence-corrected chi connectivity index (χ0v) is 11.5. The van der Waals surface area contributed by atoms with Gasteiger partial charge >= 0.3 is 6.03 Å². The molecule has 0 saturated heterocycles. The lowest BCUT2D eigenvalue weighted by Gasteiger charge is -2.10. The van der Waals surface area contributed by atoms with Crippen LogP contribution in [-0.2, 0) is 0 Å². The van der Waals surface area contributed by atoms with Crippen molar-refractivity contribution in [3.63, 3.8) is 0 Å². The fourth-order valence-corrected chi connectivity index (χ4v) is 1.67. The van der Waals surface area contributed by atoms with Crippen LogP contribution in [0.1, 0.15) is 25.3 Å². The zero-order valence-electron chi connectivity index (χ0n) is 11.5. The number of nitro benzene ring substituents is 1. The minimum atomic E-state index is -0.467. The van der Waals surface area contributed by atoms with Crippen LogP contribution < -0.4 is 10.6 Å². The molecule has 3 N–H and O–H groups in total. The molecule has 20 heavy (non-hydrogen) atoms. The molecule has 0 saturated carbocycles. The maximum atomic E-state index is 11.6. The van der Waals surface area contributed by atoms with E-state index in [0.29, 0.717) is 30.6 Å². The number of aliphatic hydroxyl groups is 1. The second-order valence-electron chi connectivity index (χ2n) is 4.49. The first-order valence-electron chi connectivity index (χ1n) is 6.42. The summed E-state index contributed by atoms with van der Waals surface area (Å²) < 4.78 is 0. The van der Waals surface area contributed by atoms with E-state index in [1.165, 1.54) is 12.1 Å². The molecule has 7 nitrogen and oxygen atoms in total. The van der Waals surface area contributed by atoms with Gasteiger partial charge in [-0.3, -0.25) is 10.1 Å². The average Bonchev–Trinajstić information content (AvgIpc) is 2.38. The molecule has 0 unspecified atom stereocenters. The van der Waals surface area contributed by atoms with E-state index < -0.39 is 17.1 Å². The van der Waals surface area contributed by atoms with Gasteiger partial charge in [-0.05, 0) is 31.9 Å². The molecular formula is C13H19N3O4. The van der Waals surface area contributed by atoms with Crippen LogP contribution >= 0.6 is 0 Å². The number of rotatable bonds is 6. The number of nitrogens with one attached hydrogen (secondary N) is 2. The first kappa shape index (κ1) is 15.9. The van der Waals surface area contributed by atoms with Crippen LogP contribution in [0.15, 0.2) is 18.2 Å². The van der Waals surface area contributed by atoms with Crippen molar-refractivity contribution in [1.82, 2.24) is 5.32 Å². The van der Waals surface area contributed by atoms with E-state index in [2.05, 4.69) is 10.6 Å². The fraction of sp³-hybridized carbons (Fsp3) is 0.462. The van der Waals surface area contributed by atoms with Crippen LogP contribution in [-0.4, -0.2) is 28.7 Å². The monoisotopic (exact) mass is 281 g/mol. The Kier molecular flexibility index (Phi) is 5.92. The highest BCUT2D eigenvalue weighted by molar-refractivity contribution is 5.89. The molecule has 0 radical (unpaired) electrons. The van der Waals surface area contributed by atoms with Gasteiger partial charge in [-0.25, -0.2) is 4.79 Å². The van der Waals surface area contributed by atoms with E-state index >= 15 is 0 Å². The van der Waals surface area contributed by atoms with Gasteiger partial charge in [0.2, 0.25) is 0 Å². The molecule has 2 amide bonds. The summed E-state index contributed by atoms with van der Waals surface area (Å²) in [6.07, 6.45) is 0.713. The Balaban J connectivity index is 2.50. The van der Waals surface area contributed by atoms with Crippen LogP contribution in [0, 0.1) is 17.0 Å². The zero-order chi connectivity index (χ0) is 15.1. The highest BCUT2D eigenvalue weighted by Gasteiger charge is 2.11. The number of carbonyl (C=O) groups is 1. The van der Waals surface area contributed by atoms with Gasteiger partial charge in [-0.2, -0.15) is 0 Å². The molecule has 1 aromatic rings. The number of hydrogen-bond acceptors (Lipinski definition) is 4. The van der Waals surface area contributed by atoms with Gasteiger partial charge in [0.05, 0.1) is 11.0 Å². The van der Waals surface area contributed by atoms with Gasteiger partial charge in [-0.15, -0.1) is 0 Å². The lowest BCUT2D eigenvalue weighted by Crippen LogP contribution is -2.31. The van der Waals surface area contributed by atoms with Gasteiger partial charge < -0.3 is 15.7 Å². The normalized spacial score (nSPS) is 11.8. The minimum absolute atomic E-state index is 0.0158. The summed E-state index contributed by atoms with van der Waals surface area (Å²) in [6, 6.07) is 3.97. The van der Waals surface area contributed by atoms with Gasteiger partial charge in [0.15, 0.2) is 0 Å². The molecule has 1 rings (SSSR count). The summed E-state index contributed by atoms with van der Waals surface area (Å²) in [5.41, 5.74) is 0.984. The topological polar surface area (TPSA) is 104 Å². The van der Waals surface area contributed by atoms with E-state index in [0.717, 1.165) is 0 Å². The van der Waals surface area contributed by atoms with Gasteiger partial charge in [0.1, 0.15) is 0 Å².